The molecule has 0 saturated heterocycles. The lowest BCUT2D eigenvalue weighted by atomic mass is 10.2. The number of thiophene rings is 1. The van der Waals surface area contributed by atoms with Crippen LogP contribution in [0.15, 0.2) is 39.0 Å². The van der Waals surface area contributed by atoms with Crippen LogP contribution in [-0.2, 0) is 16.4 Å². The van der Waals surface area contributed by atoms with Crippen LogP contribution < -0.4 is 4.90 Å². The number of sulfone groups is 1. The highest BCUT2D eigenvalue weighted by Crippen LogP contribution is 2.39. The van der Waals surface area contributed by atoms with E-state index in [1.807, 2.05) is 24.3 Å². The Morgan fingerprint density at radius 2 is 1.91 bits per heavy atom. The second-order valence-corrected chi connectivity index (χ2v) is 8.96. The van der Waals surface area contributed by atoms with Crippen LogP contribution in [0.2, 0.25) is 0 Å². The Kier molecular flexibility index (Phi) is 4.88. The summed E-state index contributed by atoms with van der Waals surface area (Å²) in [5, 5.41) is 11.5. The Morgan fingerprint density at radius 3 is 2.41 bits per heavy atom. The third kappa shape index (κ3) is 3.84. The molecule has 0 aliphatic carbocycles. The first-order valence-electron chi connectivity index (χ1n) is 6.12. The number of nitro groups is 1. The predicted molar refractivity (Wildman–Crippen MR) is 90.3 cm³/mol. The van der Waals surface area contributed by atoms with Crippen LogP contribution in [0.3, 0.4) is 0 Å². The summed E-state index contributed by atoms with van der Waals surface area (Å²) >= 11 is 4.26. The van der Waals surface area contributed by atoms with Gasteiger partial charge in [0.05, 0.1) is 4.92 Å². The van der Waals surface area contributed by atoms with Gasteiger partial charge in [0.2, 0.25) is 0 Å². The lowest BCUT2D eigenvalue weighted by molar-refractivity contribution is -0.383. The van der Waals surface area contributed by atoms with E-state index in [1.165, 1.54) is 0 Å². The fraction of sp³-hybridized carbons (Fsp3) is 0.231. The second-order valence-electron chi connectivity index (χ2n) is 4.77. The molecule has 6 nitrogen and oxygen atoms in total. The molecule has 0 radical (unpaired) electrons. The monoisotopic (exact) mass is 404 g/mol. The van der Waals surface area contributed by atoms with Crippen LogP contribution in [-0.4, -0.2) is 26.6 Å². The van der Waals surface area contributed by atoms with Gasteiger partial charge in [-0.15, -0.1) is 0 Å². The van der Waals surface area contributed by atoms with E-state index in [9.17, 15) is 18.5 Å². The first kappa shape index (κ1) is 16.9. The highest BCUT2D eigenvalue weighted by molar-refractivity contribution is 9.10. The van der Waals surface area contributed by atoms with Crippen molar-refractivity contribution < 1.29 is 13.3 Å². The van der Waals surface area contributed by atoms with Crippen LogP contribution in [0.4, 0.5) is 10.7 Å². The molecule has 0 N–H and O–H groups in total. The average Bonchev–Trinajstić information content (AvgIpc) is 2.86. The molecule has 1 heterocycles. The van der Waals surface area contributed by atoms with E-state index in [4.69, 9.17) is 0 Å². The molecular weight excluding hydrogens is 392 g/mol. The third-order valence-electron chi connectivity index (χ3n) is 2.91. The minimum absolute atomic E-state index is 0.00291. The van der Waals surface area contributed by atoms with Gasteiger partial charge in [0.15, 0.2) is 14.8 Å². The molecule has 2 aromatic rings. The minimum Gasteiger partial charge on any atom is -0.357 e. The lowest BCUT2D eigenvalue weighted by Gasteiger charge is -2.16. The van der Waals surface area contributed by atoms with Crippen LogP contribution >= 0.6 is 27.3 Å². The predicted octanol–water partition coefficient (Wildman–Crippen LogP) is 3.46. The lowest BCUT2D eigenvalue weighted by Crippen LogP contribution is -2.16. The molecule has 2 rings (SSSR count). The van der Waals surface area contributed by atoms with Gasteiger partial charge in [0.1, 0.15) is 4.21 Å². The van der Waals surface area contributed by atoms with E-state index >= 15 is 0 Å². The maximum Gasteiger partial charge on any atom is 0.305 e. The van der Waals surface area contributed by atoms with Gasteiger partial charge < -0.3 is 4.90 Å². The van der Waals surface area contributed by atoms with E-state index in [1.54, 1.807) is 11.9 Å². The number of benzene rings is 1. The molecule has 9 heteroatoms. The summed E-state index contributed by atoms with van der Waals surface area (Å²) in [6.45, 7) is 0.442. The van der Waals surface area contributed by atoms with Gasteiger partial charge in [0, 0.05) is 30.4 Å². The number of hydrogen-bond acceptors (Lipinski definition) is 6. The molecule has 22 heavy (non-hydrogen) atoms. The molecule has 0 atom stereocenters. The van der Waals surface area contributed by atoms with Crippen LogP contribution in [0, 0.1) is 10.1 Å². The van der Waals surface area contributed by atoms with Crippen LogP contribution in [0.1, 0.15) is 5.56 Å². The van der Waals surface area contributed by atoms with E-state index < -0.39 is 14.8 Å². The fourth-order valence-corrected chi connectivity index (χ4v) is 4.12. The molecular formula is C13H13BrN2O4S2. The van der Waals surface area contributed by atoms with Crippen molar-refractivity contribution in [2.45, 2.75) is 10.8 Å². The van der Waals surface area contributed by atoms with E-state index in [0.29, 0.717) is 11.5 Å². The highest BCUT2D eigenvalue weighted by Gasteiger charge is 2.26. The molecule has 0 spiro atoms. The topological polar surface area (TPSA) is 80.5 Å². The van der Waals surface area contributed by atoms with Crippen molar-refractivity contribution >= 4 is 47.8 Å². The smallest absolute Gasteiger partial charge is 0.305 e. The quantitative estimate of drug-likeness (QED) is 0.562. The zero-order valence-corrected chi connectivity index (χ0v) is 15.0. The van der Waals surface area contributed by atoms with Gasteiger partial charge in [-0.1, -0.05) is 39.4 Å². The molecule has 118 valence electrons. The molecule has 0 bridgehead atoms. The fourth-order valence-electron chi connectivity index (χ4n) is 1.87. The van der Waals surface area contributed by atoms with Crippen molar-refractivity contribution in [3.8, 4) is 0 Å². The van der Waals surface area contributed by atoms with Crippen molar-refractivity contribution in [1.82, 2.24) is 0 Å². The van der Waals surface area contributed by atoms with Crippen molar-refractivity contribution in [1.29, 1.82) is 0 Å². The zero-order valence-electron chi connectivity index (χ0n) is 11.8. The van der Waals surface area contributed by atoms with E-state index in [0.717, 1.165) is 33.7 Å². The number of nitrogens with zero attached hydrogens (tertiary/aromatic N) is 2. The largest absolute Gasteiger partial charge is 0.357 e. The number of halogens is 1. The minimum atomic E-state index is -3.47. The summed E-state index contributed by atoms with van der Waals surface area (Å²) in [5.41, 5.74) is 0.777. The summed E-state index contributed by atoms with van der Waals surface area (Å²) in [4.78, 5) is 12.3. The summed E-state index contributed by atoms with van der Waals surface area (Å²) in [5.74, 6) is 0. The summed E-state index contributed by atoms with van der Waals surface area (Å²) < 4.78 is 24.1. The van der Waals surface area contributed by atoms with Crippen molar-refractivity contribution in [3.05, 3.63) is 50.5 Å². The summed E-state index contributed by atoms with van der Waals surface area (Å²) in [6.07, 6.45) is 1.04. The van der Waals surface area contributed by atoms with Crippen LogP contribution in [0.25, 0.3) is 0 Å². The molecule has 1 aromatic heterocycles. The number of rotatable bonds is 5. The zero-order chi connectivity index (χ0) is 16.5. The van der Waals surface area contributed by atoms with Crippen LogP contribution in [0.5, 0.6) is 0 Å². The molecule has 0 aliphatic heterocycles. The maximum absolute atomic E-state index is 11.6. The van der Waals surface area contributed by atoms with Gasteiger partial charge in [-0.05, 0) is 17.7 Å². The summed E-state index contributed by atoms with van der Waals surface area (Å²) in [6, 6.07) is 8.68. The Balaban J connectivity index is 2.35. The molecule has 0 saturated carbocycles. The Morgan fingerprint density at radius 1 is 1.32 bits per heavy atom. The number of hydrogen-bond donors (Lipinski definition) is 0. The first-order chi connectivity index (χ1) is 10.2. The highest BCUT2D eigenvalue weighted by atomic mass is 79.9. The molecule has 1 aromatic carbocycles. The maximum atomic E-state index is 11.6. The molecule has 0 amide bonds. The summed E-state index contributed by atoms with van der Waals surface area (Å²) in [7, 11) is -1.77. The van der Waals surface area contributed by atoms with Gasteiger partial charge in [0.25, 0.3) is 0 Å². The van der Waals surface area contributed by atoms with Gasteiger partial charge in [-0.2, -0.15) is 0 Å². The molecule has 0 fully saturated rings. The average molecular weight is 405 g/mol. The first-order valence-corrected chi connectivity index (χ1v) is 9.62. The van der Waals surface area contributed by atoms with Crippen molar-refractivity contribution in [3.63, 3.8) is 0 Å². The van der Waals surface area contributed by atoms with Crippen molar-refractivity contribution in [2.24, 2.45) is 0 Å². The van der Waals surface area contributed by atoms with E-state index in [2.05, 4.69) is 15.9 Å². The van der Waals surface area contributed by atoms with E-state index in [-0.39, 0.29) is 9.90 Å². The Labute approximate surface area is 140 Å². The number of anilines is 1. The standard InChI is InChI=1S/C13H13BrN2O4S2/c1-15(8-9-3-5-10(14)6-4-9)13-11(16(17)18)7-12(21-13)22(2,19)20/h3-7H,8H2,1-2H3. The molecule has 0 aliphatic rings. The van der Waals surface area contributed by atoms with Gasteiger partial charge in [-0.3, -0.25) is 10.1 Å². The van der Waals surface area contributed by atoms with Gasteiger partial charge >= 0.3 is 5.69 Å². The van der Waals surface area contributed by atoms with Gasteiger partial charge in [-0.25, -0.2) is 8.42 Å². The Hall–Kier alpha value is -1.45. The Bertz CT molecular complexity index is 800. The normalized spacial score (nSPS) is 11.4. The molecule has 0 unspecified atom stereocenters. The van der Waals surface area contributed by atoms with Crippen molar-refractivity contribution in [2.75, 3.05) is 18.2 Å². The third-order valence-corrected chi connectivity index (χ3v) is 6.48. The SMILES string of the molecule is CN(Cc1ccc(Br)cc1)c1sc(S(C)(=O)=O)cc1[N+](=O)[O-]. The second kappa shape index (κ2) is 6.35.